The fourth-order valence-corrected chi connectivity index (χ4v) is 2.12. The topological polar surface area (TPSA) is 40.9 Å². The first kappa shape index (κ1) is 13.4. The highest BCUT2D eigenvalue weighted by atomic mass is 16.1. The zero-order chi connectivity index (χ0) is 12.8. The van der Waals surface area contributed by atoms with Gasteiger partial charge in [0, 0.05) is 5.92 Å². The van der Waals surface area contributed by atoms with Crippen LogP contribution in [0.2, 0.25) is 0 Å². The summed E-state index contributed by atoms with van der Waals surface area (Å²) in [4.78, 5) is 12.3. The second-order valence-electron chi connectivity index (χ2n) is 4.33. The minimum Gasteiger partial charge on any atom is -0.298 e. The number of benzene rings is 1. The lowest BCUT2D eigenvalue weighted by molar-refractivity contribution is -0.123. The number of aryl methyl sites for hydroxylation is 1. The Morgan fingerprint density at radius 2 is 1.88 bits per heavy atom. The molecule has 90 valence electrons. The summed E-state index contributed by atoms with van der Waals surface area (Å²) in [5, 5.41) is 9.24. The molecule has 0 amide bonds. The lowest BCUT2D eigenvalue weighted by atomic mass is 9.84. The Kier molecular flexibility index (Phi) is 4.90. The molecule has 0 radical (unpaired) electrons. The number of nitrogens with zero attached hydrogens (tertiary/aromatic N) is 1. The largest absolute Gasteiger partial charge is 0.298 e. The number of carbonyl (C=O) groups excluding carboxylic acids is 1. The average molecular weight is 229 g/mol. The summed E-state index contributed by atoms with van der Waals surface area (Å²) >= 11 is 0. The van der Waals surface area contributed by atoms with E-state index in [0.717, 1.165) is 24.0 Å². The molecule has 1 atom stereocenters. The van der Waals surface area contributed by atoms with Crippen LogP contribution < -0.4 is 0 Å². The number of carbonyl (C=O) groups is 1. The fraction of sp³-hybridized carbons (Fsp3) is 0.467. The van der Waals surface area contributed by atoms with Crippen LogP contribution in [0.15, 0.2) is 24.3 Å². The maximum Gasteiger partial charge on any atom is 0.157 e. The van der Waals surface area contributed by atoms with Crippen molar-refractivity contribution in [2.24, 2.45) is 5.92 Å². The summed E-state index contributed by atoms with van der Waals surface area (Å²) in [6, 6.07) is 9.79. The zero-order valence-corrected chi connectivity index (χ0v) is 10.7. The molecule has 2 heteroatoms. The van der Waals surface area contributed by atoms with E-state index in [1.807, 2.05) is 45.0 Å². The summed E-state index contributed by atoms with van der Waals surface area (Å²) in [5.74, 6) is -0.549. The van der Waals surface area contributed by atoms with Crippen LogP contribution in [-0.4, -0.2) is 5.78 Å². The molecule has 0 aromatic heterocycles. The van der Waals surface area contributed by atoms with Gasteiger partial charge >= 0.3 is 0 Å². The Balaban J connectivity index is 3.05. The van der Waals surface area contributed by atoms with Gasteiger partial charge in [0.2, 0.25) is 0 Å². The molecular formula is C15H19NO. The molecule has 0 spiro atoms. The minimum atomic E-state index is -0.610. The first-order valence-electron chi connectivity index (χ1n) is 6.14. The summed E-state index contributed by atoms with van der Waals surface area (Å²) in [7, 11) is 0. The molecule has 0 bridgehead atoms. The maximum absolute atomic E-state index is 12.3. The molecule has 0 heterocycles. The van der Waals surface area contributed by atoms with E-state index in [1.54, 1.807) is 0 Å². The van der Waals surface area contributed by atoms with Crippen LogP contribution in [0.1, 0.15) is 43.7 Å². The molecule has 2 nitrogen and oxygen atoms in total. The van der Waals surface area contributed by atoms with Crippen LogP contribution in [0, 0.1) is 24.2 Å². The van der Waals surface area contributed by atoms with E-state index in [-0.39, 0.29) is 11.7 Å². The molecule has 1 unspecified atom stereocenters. The standard InChI is InChI=1S/C15H19NO/c1-4-12(5-2)15(17)14(10-16)13-9-7-6-8-11(13)3/h6-9,12,14H,4-5H2,1-3H3. The van der Waals surface area contributed by atoms with Gasteiger partial charge in [-0.1, -0.05) is 38.1 Å². The van der Waals surface area contributed by atoms with Crippen LogP contribution in [0.25, 0.3) is 0 Å². The monoisotopic (exact) mass is 229 g/mol. The average Bonchev–Trinajstić information content (AvgIpc) is 2.34. The van der Waals surface area contributed by atoms with Crippen molar-refractivity contribution in [1.82, 2.24) is 0 Å². The van der Waals surface area contributed by atoms with Crippen molar-refractivity contribution >= 4 is 5.78 Å². The smallest absolute Gasteiger partial charge is 0.157 e. The number of Topliss-reactive ketones (excluding diaryl/α,β-unsaturated/α-hetero) is 1. The van der Waals surface area contributed by atoms with Crippen molar-refractivity contribution in [3.05, 3.63) is 35.4 Å². The van der Waals surface area contributed by atoms with Crippen LogP contribution >= 0.6 is 0 Å². The molecule has 17 heavy (non-hydrogen) atoms. The van der Waals surface area contributed by atoms with E-state index in [4.69, 9.17) is 0 Å². The van der Waals surface area contributed by atoms with Gasteiger partial charge in [-0.25, -0.2) is 0 Å². The first-order valence-corrected chi connectivity index (χ1v) is 6.14. The van der Waals surface area contributed by atoms with Crippen molar-refractivity contribution in [2.45, 2.75) is 39.5 Å². The molecule has 0 aliphatic rings. The molecule has 1 rings (SSSR count). The van der Waals surface area contributed by atoms with Crippen LogP contribution in [0.3, 0.4) is 0 Å². The van der Waals surface area contributed by atoms with Crippen molar-refractivity contribution in [1.29, 1.82) is 5.26 Å². The Bertz CT molecular complexity index is 427. The Labute approximate surface area is 103 Å². The SMILES string of the molecule is CCC(CC)C(=O)C(C#N)c1ccccc1C. The van der Waals surface area contributed by atoms with Crippen molar-refractivity contribution in [3.8, 4) is 6.07 Å². The normalized spacial score (nSPS) is 12.2. The summed E-state index contributed by atoms with van der Waals surface area (Å²) < 4.78 is 0. The van der Waals surface area contributed by atoms with E-state index in [9.17, 15) is 10.1 Å². The highest BCUT2D eigenvalue weighted by Crippen LogP contribution is 2.25. The summed E-state index contributed by atoms with van der Waals surface area (Å²) in [6.45, 7) is 5.94. The quantitative estimate of drug-likeness (QED) is 0.774. The number of hydrogen-bond donors (Lipinski definition) is 0. The van der Waals surface area contributed by atoms with Gasteiger partial charge in [-0.05, 0) is 30.9 Å². The van der Waals surface area contributed by atoms with Gasteiger partial charge in [0.25, 0.3) is 0 Å². The van der Waals surface area contributed by atoms with Crippen LogP contribution in [0.5, 0.6) is 0 Å². The minimum absolute atomic E-state index is 0.000689. The van der Waals surface area contributed by atoms with Crippen LogP contribution in [-0.2, 0) is 4.79 Å². The van der Waals surface area contributed by atoms with E-state index in [0.29, 0.717) is 0 Å². The third-order valence-electron chi connectivity index (χ3n) is 3.30. The van der Waals surface area contributed by atoms with Crippen LogP contribution in [0.4, 0.5) is 0 Å². The maximum atomic E-state index is 12.3. The van der Waals surface area contributed by atoms with E-state index >= 15 is 0 Å². The molecule has 0 fully saturated rings. The van der Waals surface area contributed by atoms with Gasteiger partial charge in [-0.15, -0.1) is 0 Å². The lowest BCUT2D eigenvalue weighted by Gasteiger charge is -2.17. The zero-order valence-electron chi connectivity index (χ0n) is 10.7. The summed E-state index contributed by atoms with van der Waals surface area (Å²) in [6.07, 6.45) is 1.61. The molecule has 0 aliphatic heterocycles. The van der Waals surface area contributed by atoms with Crippen molar-refractivity contribution in [2.75, 3.05) is 0 Å². The molecule has 0 saturated carbocycles. The predicted molar refractivity (Wildman–Crippen MR) is 68.6 cm³/mol. The van der Waals surface area contributed by atoms with E-state index in [1.165, 1.54) is 0 Å². The molecular weight excluding hydrogens is 210 g/mol. The molecule has 1 aromatic carbocycles. The summed E-state index contributed by atoms with van der Waals surface area (Å²) in [5.41, 5.74) is 1.87. The van der Waals surface area contributed by atoms with Gasteiger partial charge < -0.3 is 0 Å². The second-order valence-corrected chi connectivity index (χ2v) is 4.33. The third-order valence-corrected chi connectivity index (χ3v) is 3.30. The van der Waals surface area contributed by atoms with Gasteiger partial charge in [-0.3, -0.25) is 4.79 Å². The number of nitriles is 1. The molecule has 0 aliphatic carbocycles. The van der Waals surface area contributed by atoms with Crippen molar-refractivity contribution in [3.63, 3.8) is 0 Å². The predicted octanol–water partition coefficient (Wildman–Crippen LogP) is 3.61. The van der Waals surface area contributed by atoms with Crippen molar-refractivity contribution < 1.29 is 4.79 Å². The second kappa shape index (κ2) is 6.20. The Hall–Kier alpha value is -1.62. The van der Waals surface area contributed by atoms with Gasteiger partial charge in [0.05, 0.1) is 6.07 Å². The Morgan fingerprint density at radius 3 is 2.35 bits per heavy atom. The first-order chi connectivity index (χ1) is 8.15. The Morgan fingerprint density at radius 1 is 1.29 bits per heavy atom. The third kappa shape index (κ3) is 2.94. The highest BCUT2D eigenvalue weighted by Gasteiger charge is 2.26. The number of hydrogen-bond acceptors (Lipinski definition) is 2. The van der Waals surface area contributed by atoms with Gasteiger partial charge in [0.1, 0.15) is 5.92 Å². The van der Waals surface area contributed by atoms with E-state index in [2.05, 4.69) is 6.07 Å². The van der Waals surface area contributed by atoms with E-state index < -0.39 is 5.92 Å². The van der Waals surface area contributed by atoms with Gasteiger partial charge in [-0.2, -0.15) is 5.26 Å². The molecule has 0 saturated heterocycles. The lowest BCUT2D eigenvalue weighted by Crippen LogP contribution is -2.21. The number of ketones is 1. The molecule has 0 N–H and O–H groups in total. The fourth-order valence-electron chi connectivity index (χ4n) is 2.12. The highest BCUT2D eigenvalue weighted by molar-refractivity contribution is 5.90. The van der Waals surface area contributed by atoms with Gasteiger partial charge in [0.15, 0.2) is 5.78 Å². The molecule has 1 aromatic rings. The number of rotatable bonds is 5.